The molecular formula is C21H23N3. The Balaban J connectivity index is 1.83. The average molecular weight is 317 g/mol. The molecule has 2 aromatic carbocycles. The van der Waals surface area contributed by atoms with Crippen molar-refractivity contribution in [3.8, 4) is 6.07 Å². The van der Waals surface area contributed by atoms with Crippen LogP contribution in [0.25, 0.3) is 0 Å². The number of rotatable bonds is 4. The molecule has 0 amide bonds. The molecule has 0 spiro atoms. The van der Waals surface area contributed by atoms with Gasteiger partial charge in [-0.25, -0.2) is 0 Å². The lowest BCUT2D eigenvalue weighted by Gasteiger charge is -2.48. The number of hydrogen-bond donors (Lipinski definition) is 1. The summed E-state index contributed by atoms with van der Waals surface area (Å²) in [4.78, 5) is 2.65. The zero-order valence-corrected chi connectivity index (χ0v) is 13.9. The van der Waals surface area contributed by atoms with Gasteiger partial charge in [0.15, 0.2) is 0 Å². The van der Waals surface area contributed by atoms with Crippen LogP contribution in [-0.2, 0) is 0 Å². The van der Waals surface area contributed by atoms with Gasteiger partial charge < -0.3 is 5.32 Å². The Morgan fingerprint density at radius 3 is 2.29 bits per heavy atom. The van der Waals surface area contributed by atoms with E-state index in [4.69, 9.17) is 0 Å². The van der Waals surface area contributed by atoms with Gasteiger partial charge in [0.1, 0.15) is 0 Å². The highest BCUT2D eigenvalue weighted by molar-refractivity contribution is 5.34. The Hall–Kier alpha value is -2.15. The van der Waals surface area contributed by atoms with Gasteiger partial charge >= 0.3 is 0 Å². The van der Waals surface area contributed by atoms with Crippen molar-refractivity contribution in [3.63, 3.8) is 0 Å². The Morgan fingerprint density at radius 1 is 1.08 bits per heavy atom. The minimum atomic E-state index is -0.0476. The number of hydrogen-bond acceptors (Lipinski definition) is 3. The van der Waals surface area contributed by atoms with Gasteiger partial charge in [0.25, 0.3) is 0 Å². The molecule has 2 aliphatic rings. The van der Waals surface area contributed by atoms with Crippen LogP contribution in [-0.4, -0.2) is 29.6 Å². The minimum Gasteiger partial charge on any atom is -0.313 e. The molecule has 2 atom stereocenters. The van der Waals surface area contributed by atoms with Gasteiger partial charge in [-0.15, -0.1) is 0 Å². The number of fused-ring (bicyclic) bond motifs is 2. The third kappa shape index (κ3) is 2.53. The lowest BCUT2D eigenvalue weighted by Crippen LogP contribution is -2.61. The molecule has 24 heavy (non-hydrogen) atoms. The molecule has 2 unspecified atom stereocenters. The standard InChI is InChI=1S/C21H23N3/c22-14-13-21-12-11-19(15-23-16-21)24(21)20(17-7-3-1-4-8-17)18-9-5-2-6-10-18/h1-10,19-20,23H,11-13,15-16H2. The van der Waals surface area contributed by atoms with Gasteiger partial charge in [-0.2, -0.15) is 5.26 Å². The summed E-state index contributed by atoms with van der Waals surface area (Å²) < 4.78 is 0. The van der Waals surface area contributed by atoms with Crippen molar-refractivity contribution in [2.45, 2.75) is 36.9 Å². The molecule has 2 saturated heterocycles. The molecule has 4 rings (SSSR count). The number of nitrogens with one attached hydrogen (secondary N) is 1. The fraction of sp³-hybridized carbons (Fsp3) is 0.381. The average Bonchev–Trinajstić information content (AvgIpc) is 2.83. The normalized spacial score (nSPS) is 26.4. The number of nitrogens with zero attached hydrogens (tertiary/aromatic N) is 2. The fourth-order valence-corrected chi connectivity index (χ4v) is 4.60. The monoisotopic (exact) mass is 317 g/mol. The van der Waals surface area contributed by atoms with Crippen LogP contribution < -0.4 is 5.32 Å². The van der Waals surface area contributed by atoms with Crippen molar-refractivity contribution in [3.05, 3.63) is 71.8 Å². The second-order valence-electron chi connectivity index (χ2n) is 7.01. The summed E-state index contributed by atoms with van der Waals surface area (Å²) >= 11 is 0. The Kier molecular flexibility index (Phi) is 4.10. The first-order valence-corrected chi connectivity index (χ1v) is 8.80. The van der Waals surface area contributed by atoms with E-state index in [9.17, 15) is 5.26 Å². The van der Waals surface area contributed by atoms with Crippen LogP contribution >= 0.6 is 0 Å². The lowest BCUT2D eigenvalue weighted by atomic mass is 9.87. The summed E-state index contributed by atoms with van der Waals surface area (Å²) in [7, 11) is 0. The Bertz CT molecular complexity index is 678. The maximum Gasteiger partial charge on any atom is 0.0641 e. The van der Waals surface area contributed by atoms with E-state index >= 15 is 0 Å². The maximum absolute atomic E-state index is 9.47. The van der Waals surface area contributed by atoms with Gasteiger partial charge in [0, 0.05) is 24.7 Å². The van der Waals surface area contributed by atoms with Crippen LogP contribution in [0, 0.1) is 11.3 Å². The Labute approximate surface area is 143 Å². The predicted molar refractivity (Wildman–Crippen MR) is 95.4 cm³/mol. The van der Waals surface area contributed by atoms with Crippen molar-refractivity contribution in [2.75, 3.05) is 13.1 Å². The smallest absolute Gasteiger partial charge is 0.0641 e. The second-order valence-corrected chi connectivity index (χ2v) is 7.01. The highest BCUT2D eigenvalue weighted by Crippen LogP contribution is 2.46. The molecule has 1 N–H and O–H groups in total. The summed E-state index contributed by atoms with van der Waals surface area (Å²) in [6.07, 6.45) is 2.87. The molecule has 3 nitrogen and oxygen atoms in total. The SMILES string of the molecule is N#CCC12CCC(CNC1)N2C(c1ccccc1)c1ccccc1. The summed E-state index contributed by atoms with van der Waals surface area (Å²) in [5.74, 6) is 0. The zero-order chi connectivity index (χ0) is 16.4. The molecule has 2 aromatic rings. The summed E-state index contributed by atoms with van der Waals surface area (Å²) in [5, 5.41) is 13.0. The summed E-state index contributed by atoms with van der Waals surface area (Å²) in [6.45, 7) is 1.93. The number of benzene rings is 2. The van der Waals surface area contributed by atoms with Crippen LogP contribution in [0.1, 0.15) is 36.4 Å². The quantitative estimate of drug-likeness (QED) is 0.938. The minimum absolute atomic E-state index is 0.0476. The largest absolute Gasteiger partial charge is 0.313 e. The van der Waals surface area contributed by atoms with Crippen molar-refractivity contribution in [1.82, 2.24) is 10.2 Å². The molecule has 3 heteroatoms. The lowest BCUT2D eigenvalue weighted by molar-refractivity contribution is 0.0403. The van der Waals surface area contributed by atoms with Gasteiger partial charge in [0.2, 0.25) is 0 Å². The molecule has 2 heterocycles. The highest BCUT2D eigenvalue weighted by Gasteiger charge is 2.51. The van der Waals surface area contributed by atoms with E-state index in [1.807, 2.05) is 0 Å². The Morgan fingerprint density at radius 2 is 1.71 bits per heavy atom. The van der Waals surface area contributed by atoms with E-state index in [1.54, 1.807) is 0 Å². The molecule has 0 aliphatic carbocycles. The van der Waals surface area contributed by atoms with E-state index < -0.39 is 0 Å². The second kappa shape index (κ2) is 6.39. The van der Waals surface area contributed by atoms with E-state index in [1.165, 1.54) is 17.5 Å². The molecule has 2 aliphatic heterocycles. The molecule has 0 saturated carbocycles. The van der Waals surface area contributed by atoms with Gasteiger partial charge in [-0.3, -0.25) is 4.90 Å². The van der Waals surface area contributed by atoms with Crippen molar-refractivity contribution < 1.29 is 0 Å². The highest BCUT2D eigenvalue weighted by atomic mass is 15.3. The van der Waals surface area contributed by atoms with Gasteiger partial charge in [-0.1, -0.05) is 60.7 Å². The number of piperazine rings is 1. The first-order valence-electron chi connectivity index (χ1n) is 8.80. The van der Waals surface area contributed by atoms with Crippen molar-refractivity contribution in [2.24, 2.45) is 0 Å². The van der Waals surface area contributed by atoms with Crippen LogP contribution in [0.15, 0.2) is 60.7 Å². The zero-order valence-electron chi connectivity index (χ0n) is 13.9. The molecule has 2 bridgehead atoms. The van der Waals surface area contributed by atoms with Crippen molar-refractivity contribution >= 4 is 0 Å². The van der Waals surface area contributed by atoms with E-state index in [0.717, 1.165) is 19.5 Å². The molecule has 122 valence electrons. The van der Waals surface area contributed by atoms with Gasteiger partial charge in [0.05, 0.1) is 18.5 Å². The van der Waals surface area contributed by atoms with Crippen molar-refractivity contribution in [1.29, 1.82) is 5.26 Å². The number of nitriles is 1. The van der Waals surface area contributed by atoms with Crippen LogP contribution in [0.4, 0.5) is 0 Å². The topological polar surface area (TPSA) is 39.1 Å². The van der Waals surface area contributed by atoms with Gasteiger partial charge in [-0.05, 0) is 24.0 Å². The first-order chi connectivity index (χ1) is 11.8. The van der Waals surface area contributed by atoms with E-state index in [2.05, 4.69) is 76.9 Å². The van der Waals surface area contributed by atoms with E-state index in [0.29, 0.717) is 12.5 Å². The molecular weight excluding hydrogens is 294 g/mol. The first kappa shape index (κ1) is 15.4. The van der Waals surface area contributed by atoms with Crippen LogP contribution in [0.5, 0.6) is 0 Å². The fourth-order valence-electron chi connectivity index (χ4n) is 4.60. The molecule has 2 fully saturated rings. The third-order valence-electron chi connectivity index (χ3n) is 5.63. The third-order valence-corrected chi connectivity index (χ3v) is 5.63. The molecule has 0 aromatic heterocycles. The summed E-state index contributed by atoms with van der Waals surface area (Å²) in [6, 6.07) is 24.7. The summed E-state index contributed by atoms with van der Waals surface area (Å²) in [5.41, 5.74) is 2.59. The predicted octanol–water partition coefficient (Wildman–Crippen LogP) is 3.50. The van der Waals surface area contributed by atoms with E-state index in [-0.39, 0.29) is 11.6 Å². The van der Waals surface area contributed by atoms with Crippen LogP contribution in [0.3, 0.4) is 0 Å². The molecule has 0 radical (unpaired) electrons. The van der Waals surface area contributed by atoms with Crippen LogP contribution in [0.2, 0.25) is 0 Å². The maximum atomic E-state index is 9.47.